The number of nitrogens with one attached hydrogen (secondary N) is 2. The Bertz CT molecular complexity index is 1200. The van der Waals surface area contributed by atoms with Gasteiger partial charge in [0.05, 0.1) is 9.92 Å². The van der Waals surface area contributed by atoms with Gasteiger partial charge in [-0.05, 0) is 42.5 Å². The number of carbonyl (C=O) groups is 2. The highest BCUT2D eigenvalue weighted by Crippen LogP contribution is 2.28. The van der Waals surface area contributed by atoms with Crippen molar-refractivity contribution in [3.05, 3.63) is 77.0 Å². The summed E-state index contributed by atoms with van der Waals surface area (Å²) >= 11 is 6.12. The molecule has 0 bridgehead atoms. The van der Waals surface area contributed by atoms with Gasteiger partial charge in [-0.3, -0.25) is 20.4 Å². The molecule has 0 unspecified atom stereocenters. The van der Waals surface area contributed by atoms with E-state index in [2.05, 4.69) is 10.9 Å². The maximum Gasteiger partial charge on any atom is 0.305 e. The molecule has 0 atom stereocenters. The van der Waals surface area contributed by atoms with Gasteiger partial charge in [0.2, 0.25) is 10.0 Å². The van der Waals surface area contributed by atoms with Gasteiger partial charge in [-0.1, -0.05) is 29.8 Å². The molecule has 2 aromatic carbocycles. The molecule has 0 saturated heterocycles. The van der Waals surface area contributed by atoms with E-state index in [0.717, 1.165) is 4.31 Å². The minimum Gasteiger partial charge on any atom is -0.451 e. The SMILES string of the molecule is CN(C)S(=O)(=O)c1cccc(C(=O)NNC(=O)c2ccc(-c3ccccc3Cl)o2)c1. The van der Waals surface area contributed by atoms with E-state index >= 15 is 0 Å². The number of amides is 2. The fourth-order valence-corrected chi connectivity index (χ4v) is 3.70. The van der Waals surface area contributed by atoms with Crippen LogP contribution in [0.3, 0.4) is 0 Å². The number of hydrogen-bond donors (Lipinski definition) is 2. The monoisotopic (exact) mass is 447 g/mol. The van der Waals surface area contributed by atoms with Gasteiger partial charge in [0.1, 0.15) is 5.76 Å². The van der Waals surface area contributed by atoms with E-state index in [0.29, 0.717) is 16.3 Å². The molecule has 1 heterocycles. The molecule has 30 heavy (non-hydrogen) atoms. The molecule has 0 radical (unpaired) electrons. The van der Waals surface area contributed by atoms with Crippen LogP contribution in [0.5, 0.6) is 0 Å². The van der Waals surface area contributed by atoms with Crippen LogP contribution in [0.15, 0.2) is 70.0 Å². The summed E-state index contributed by atoms with van der Waals surface area (Å²) in [6.07, 6.45) is 0. The largest absolute Gasteiger partial charge is 0.451 e. The first kappa shape index (κ1) is 21.6. The van der Waals surface area contributed by atoms with E-state index < -0.39 is 21.8 Å². The molecule has 0 saturated carbocycles. The molecule has 3 rings (SSSR count). The molecule has 2 amide bonds. The van der Waals surface area contributed by atoms with Crippen LogP contribution in [-0.2, 0) is 10.0 Å². The van der Waals surface area contributed by atoms with Crippen LogP contribution >= 0.6 is 11.6 Å². The topological polar surface area (TPSA) is 109 Å². The van der Waals surface area contributed by atoms with Gasteiger partial charge in [-0.2, -0.15) is 0 Å². The van der Waals surface area contributed by atoms with E-state index in [-0.39, 0.29) is 16.2 Å². The Morgan fingerprint density at radius 1 is 0.933 bits per heavy atom. The van der Waals surface area contributed by atoms with Gasteiger partial charge in [0, 0.05) is 25.2 Å². The van der Waals surface area contributed by atoms with Crippen LogP contribution in [0.25, 0.3) is 11.3 Å². The third-order valence-corrected chi connectivity index (χ3v) is 6.27. The summed E-state index contributed by atoms with van der Waals surface area (Å²) in [7, 11) is -0.911. The zero-order chi connectivity index (χ0) is 21.9. The maximum absolute atomic E-state index is 12.3. The fourth-order valence-electron chi connectivity index (χ4n) is 2.52. The lowest BCUT2D eigenvalue weighted by molar-refractivity contribution is 0.0831. The quantitative estimate of drug-likeness (QED) is 0.584. The maximum atomic E-state index is 12.3. The Labute approximate surface area is 178 Å². The van der Waals surface area contributed by atoms with Gasteiger partial charge in [-0.25, -0.2) is 12.7 Å². The molecule has 2 N–H and O–H groups in total. The number of hydrogen-bond acceptors (Lipinski definition) is 5. The summed E-state index contributed by atoms with van der Waals surface area (Å²) in [6, 6.07) is 15.5. The zero-order valence-electron chi connectivity index (χ0n) is 16.0. The molecule has 0 fully saturated rings. The number of benzene rings is 2. The molecule has 0 spiro atoms. The van der Waals surface area contributed by atoms with Crippen molar-refractivity contribution in [1.82, 2.24) is 15.2 Å². The van der Waals surface area contributed by atoms with Gasteiger partial charge in [0.15, 0.2) is 5.76 Å². The predicted octanol–water partition coefficient (Wildman–Crippen LogP) is 2.93. The minimum atomic E-state index is -3.69. The number of carbonyl (C=O) groups excluding carboxylic acids is 2. The fraction of sp³-hybridized carbons (Fsp3) is 0.100. The van der Waals surface area contributed by atoms with E-state index in [1.807, 2.05) is 0 Å². The molecule has 10 heteroatoms. The summed E-state index contributed by atoms with van der Waals surface area (Å²) in [6.45, 7) is 0. The second kappa shape index (κ2) is 8.70. The van der Waals surface area contributed by atoms with E-state index in [4.69, 9.17) is 16.0 Å². The predicted molar refractivity (Wildman–Crippen MR) is 111 cm³/mol. The van der Waals surface area contributed by atoms with Crippen LogP contribution in [-0.4, -0.2) is 38.6 Å². The van der Waals surface area contributed by atoms with Crippen LogP contribution in [0.4, 0.5) is 0 Å². The lowest BCUT2D eigenvalue weighted by Crippen LogP contribution is -2.41. The molecular formula is C20H18ClN3O5S. The lowest BCUT2D eigenvalue weighted by atomic mass is 10.2. The molecule has 0 aliphatic carbocycles. The van der Waals surface area contributed by atoms with Crippen LogP contribution in [0.1, 0.15) is 20.9 Å². The van der Waals surface area contributed by atoms with Crippen molar-refractivity contribution >= 4 is 33.4 Å². The Morgan fingerprint density at radius 3 is 2.33 bits per heavy atom. The van der Waals surface area contributed by atoms with Gasteiger partial charge in [-0.15, -0.1) is 0 Å². The molecule has 8 nitrogen and oxygen atoms in total. The van der Waals surface area contributed by atoms with Crippen molar-refractivity contribution in [1.29, 1.82) is 0 Å². The number of hydrazine groups is 1. The normalized spacial score (nSPS) is 11.3. The number of halogens is 1. The number of furan rings is 1. The van der Waals surface area contributed by atoms with Crippen molar-refractivity contribution in [2.24, 2.45) is 0 Å². The van der Waals surface area contributed by atoms with Crippen molar-refractivity contribution < 1.29 is 22.4 Å². The van der Waals surface area contributed by atoms with E-state index in [9.17, 15) is 18.0 Å². The summed E-state index contributed by atoms with van der Waals surface area (Å²) in [5.74, 6) is -0.997. The Kier molecular flexibility index (Phi) is 6.25. The summed E-state index contributed by atoms with van der Waals surface area (Å²) < 4.78 is 31.0. The van der Waals surface area contributed by atoms with Crippen LogP contribution < -0.4 is 10.9 Å². The first-order valence-electron chi connectivity index (χ1n) is 8.68. The average molecular weight is 448 g/mol. The lowest BCUT2D eigenvalue weighted by Gasteiger charge is -2.12. The highest BCUT2D eigenvalue weighted by molar-refractivity contribution is 7.89. The van der Waals surface area contributed by atoms with Crippen molar-refractivity contribution in [3.63, 3.8) is 0 Å². The number of sulfonamides is 1. The van der Waals surface area contributed by atoms with Crippen molar-refractivity contribution in [3.8, 4) is 11.3 Å². The van der Waals surface area contributed by atoms with Crippen molar-refractivity contribution in [2.45, 2.75) is 4.90 Å². The molecule has 1 aromatic heterocycles. The standard InChI is InChI=1S/C20H18ClN3O5S/c1-24(2)30(27,28)14-7-5-6-13(12-14)19(25)22-23-20(26)18-11-10-17(29-18)15-8-3-4-9-16(15)21/h3-12H,1-2H3,(H,22,25)(H,23,26). The Morgan fingerprint density at radius 2 is 1.63 bits per heavy atom. The third kappa shape index (κ3) is 4.54. The van der Waals surface area contributed by atoms with Crippen molar-refractivity contribution in [2.75, 3.05) is 14.1 Å². The zero-order valence-corrected chi connectivity index (χ0v) is 17.6. The van der Waals surface area contributed by atoms with Gasteiger partial charge in [0.25, 0.3) is 5.91 Å². The van der Waals surface area contributed by atoms with E-state index in [1.165, 1.54) is 44.4 Å². The summed E-state index contributed by atoms with van der Waals surface area (Å²) in [4.78, 5) is 24.5. The first-order valence-corrected chi connectivity index (χ1v) is 10.5. The average Bonchev–Trinajstić information content (AvgIpc) is 3.22. The molecule has 0 aliphatic heterocycles. The first-order chi connectivity index (χ1) is 14.2. The Balaban J connectivity index is 1.69. The molecular weight excluding hydrogens is 430 g/mol. The molecule has 156 valence electrons. The highest BCUT2D eigenvalue weighted by Gasteiger charge is 2.19. The van der Waals surface area contributed by atoms with E-state index in [1.54, 1.807) is 30.3 Å². The summed E-state index contributed by atoms with van der Waals surface area (Å²) in [5, 5.41) is 0.472. The van der Waals surface area contributed by atoms with Gasteiger partial charge < -0.3 is 4.42 Å². The second-order valence-electron chi connectivity index (χ2n) is 6.37. The number of rotatable bonds is 5. The summed E-state index contributed by atoms with van der Waals surface area (Å²) in [5.41, 5.74) is 5.16. The molecule has 0 aliphatic rings. The second-order valence-corrected chi connectivity index (χ2v) is 8.93. The molecule has 3 aromatic rings. The Hall–Kier alpha value is -3.14. The smallest absolute Gasteiger partial charge is 0.305 e. The number of nitrogens with zero attached hydrogens (tertiary/aromatic N) is 1. The van der Waals surface area contributed by atoms with Crippen LogP contribution in [0, 0.1) is 0 Å². The van der Waals surface area contributed by atoms with Gasteiger partial charge >= 0.3 is 5.91 Å². The highest BCUT2D eigenvalue weighted by atomic mass is 35.5. The third-order valence-electron chi connectivity index (χ3n) is 4.13. The minimum absolute atomic E-state index is 0.0332. The van der Waals surface area contributed by atoms with Crippen LogP contribution in [0.2, 0.25) is 5.02 Å².